The predicted molar refractivity (Wildman–Crippen MR) is 80.8 cm³/mol. The van der Waals surface area contributed by atoms with E-state index < -0.39 is 0 Å². The summed E-state index contributed by atoms with van der Waals surface area (Å²) in [5.41, 5.74) is 5.50. The Kier molecular flexibility index (Phi) is 3.26. The van der Waals surface area contributed by atoms with Crippen LogP contribution in [0.5, 0.6) is 0 Å². The first kappa shape index (κ1) is 12.2. The average Bonchev–Trinajstić information content (AvgIpc) is 2.47. The largest absolute Gasteiger partial charge is 0.378 e. The summed E-state index contributed by atoms with van der Waals surface area (Å²) in [5, 5.41) is 3.64. The Labute approximate surface area is 115 Å². The molecular formula is C17H20N2. The maximum absolute atomic E-state index is 3.64. The fourth-order valence-corrected chi connectivity index (χ4v) is 2.76. The van der Waals surface area contributed by atoms with Crippen molar-refractivity contribution >= 4 is 5.69 Å². The molecule has 2 aromatic rings. The van der Waals surface area contributed by atoms with Gasteiger partial charge in [0.25, 0.3) is 0 Å². The van der Waals surface area contributed by atoms with E-state index >= 15 is 0 Å². The van der Waals surface area contributed by atoms with Crippen LogP contribution in [-0.2, 0) is 6.42 Å². The fourth-order valence-electron chi connectivity index (χ4n) is 2.76. The summed E-state index contributed by atoms with van der Waals surface area (Å²) in [6.07, 6.45) is 1.12. The molecule has 3 rings (SSSR count). The molecule has 2 aromatic carbocycles. The van der Waals surface area contributed by atoms with E-state index in [1.807, 2.05) is 0 Å². The van der Waals surface area contributed by atoms with Crippen LogP contribution < -0.4 is 10.2 Å². The number of nitrogens with one attached hydrogen (secondary N) is 1. The highest BCUT2D eigenvalue weighted by Crippen LogP contribution is 2.31. The van der Waals surface area contributed by atoms with Gasteiger partial charge in [0.05, 0.1) is 6.04 Å². The number of hydrogen-bond donors (Lipinski definition) is 1. The first-order valence-corrected chi connectivity index (χ1v) is 6.84. The Hall–Kier alpha value is -1.80. The van der Waals surface area contributed by atoms with Crippen molar-refractivity contribution < 1.29 is 0 Å². The molecule has 0 radical (unpaired) electrons. The number of anilines is 1. The molecule has 2 nitrogen and oxygen atoms in total. The van der Waals surface area contributed by atoms with Gasteiger partial charge < -0.3 is 10.2 Å². The summed E-state index contributed by atoms with van der Waals surface area (Å²) in [6, 6.07) is 17.8. The van der Waals surface area contributed by atoms with Crippen LogP contribution in [0.1, 0.15) is 22.7 Å². The van der Waals surface area contributed by atoms with Crippen LogP contribution in [0, 0.1) is 0 Å². The van der Waals surface area contributed by atoms with Crippen molar-refractivity contribution in [3.05, 3.63) is 65.2 Å². The molecule has 0 bridgehead atoms. The van der Waals surface area contributed by atoms with Gasteiger partial charge in [-0.25, -0.2) is 0 Å². The molecule has 2 heteroatoms. The molecule has 98 valence electrons. The molecular weight excluding hydrogens is 232 g/mol. The van der Waals surface area contributed by atoms with Gasteiger partial charge >= 0.3 is 0 Å². The lowest BCUT2D eigenvalue weighted by Crippen LogP contribution is -2.30. The fraction of sp³-hybridized carbons (Fsp3) is 0.294. The normalized spacial score (nSPS) is 17.9. The SMILES string of the molecule is CN(C)c1ccc2c(c1)C(c1ccccc1)NCC2. The molecule has 1 aliphatic rings. The van der Waals surface area contributed by atoms with E-state index in [9.17, 15) is 0 Å². The molecule has 0 saturated heterocycles. The Morgan fingerprint density at radius 3 is 2.58 bits per heavy atom. The minimum Gasteiger partial charge on any atom is -0.378 e. The number of benzene rings is 2. The van der Waals surface area contributed by atoms with Crippen molar-refractivity contribution in [2.24, 2.45) is 0 Å². The molecule has 1 atom stereocenters. The Morgan fingerprint density at radius 2 is 1.84 bits per heavy atom. The molecule has 1 unspecified atom stereocenters. The maximum atomic E-state index is 3.64. The highest BCUT2D eigenvalue weighted by molar-refractivity contribution is 5.53. The van der Waals surface area contributed by atoms with Crippen molar-refractivity contribution in [3.8, 4) is 0 Å². The lowest BCUT2D eigenvalue weighted by molar-refractivity contribution is 0.568. The van der Waals surface area contributed by atoms with Gasteiger partial charge in [0.1, 0.15) is 0 Å². The third-order valence-electron chi connectivity index (χ3n) is 3.83. The molecule has 0 saturated carbocycles. The molecule has 0 fully saturated rings. The monoisotopic (exact) mass is 252 g/mol. The van der Waals surface area contributed by atoms with Crippen LogP contribution in [-0.4, -0.2) is 20.6 Å². The number of rotatable bonds is 2. The number of fused-ring (bicyclic) bond motifs is 1. The number of nitrogens with zero attached hydrogens (tertiary/aromatic N) is 1. The maximum Gasteiger partial charge on any atom is 0.0580 e. The zero-order chi connectivity index (χ0) is 13.2. The summed E-state index contributed by atoms with van der Waals surface area (Å²) in [7, 11) is 4.19. The van der Waals surface area contributed by atoms with Crippen molar-refractivity contribution in [2.75, 3.05) is 25.5 Å². The lowest BCUT2D eigenvalue weighted by atomic mass is 9.89. The van der Waals surface area contributed by atoms with Gasteiger partial charge in [-0.05, 0) is 35.2 Å². The first-order valence-electron chi connectivity index (χ1n) is 6.84. The van der Waals surface area contributed by atoms with Crippen LogP contribution in [0.3, 0.4) is 0 Å². The molecule has 1 N–H and O–H groups in total. The smallest absolute Gasteiger partial charge is 0.0580 e. The molecule has 1 heterocycles. The van der Waals surface area contributed by atoms with Gasteiger partial charge in [-0.1, -0.05) is 36.4 Å². The third kappa shape index (κ3) is 2.36. The van der Waals surface area contributed by atoms with E-state index in [-0.39, 0.29) is 0 Å². The second kappa shape index (κ2) is 5.06. The minimum absolute atomic E-state index is 0.324. The van der Waals surface area contributed by atoms with Gasteiger partial charge in [0.2, 0.25) is 0 Å². The molecule has 1 aliphatic heterocycles. The molecule has 19 heavy (non-hydrogen) atoms. The zero-order valence-corrected chi connectivity index (χ0v) is 11.6. The van der Waals surface area contributed by atoms with Gasteiger partial charge in [0.15, 0.2) is 0 Å². The Balaban J connectivity index is 2.05. The molecule has 0 amide bonds. The molecule has 0 spiro atoms. The zero-order valence-electron chi connectivity index (χ0n) is 11.6. The first-order chi connectivity index (χ1) is 9.25. The van der Waals surface area contributed by atoms with Crippen molar-refractivity contribution in [1.82, 2.24) is 5.32 Å². The van der Waals surface area contributed by atoms with E-state index in [1.165, 1.54) is 22.4 Å². The summed E-state index contributed by atoms with van der Waals surface area (Å²) < 4.78 is 0. The summed E-state index contributed by atoms with van der Waals surface area (Å²) in [6.45, 7) is 1.05. The van der Waals surface area contributed by atoms with Crippen LogP contribution in [0.25, 0.3) is 0 Å². The van der Waals surface area contributed by atoms with Crippen LogP contribution in [0.15, 0.2) is 48.5 Å². The van der Waals surface area contributed by atoms with Crippen LogP contribution in [0.4, 0.5) is 5.69 Å². The third-order valence-corrected chi connectivity index (χ3v) is 3.83. The van der Waals surface area contributed by atoms with E-state index in [1.54, 1.807) is 0 Å². The van der Waals surface area contributed by atoms with Crippen molar-refractivity contribution in [1.29, 1.82) is 0 Å². The summed E-state index contributed by atoms with van der Waals surface area (Å²) >= 11 is 0. The minimum atomic E-state index is 0.324. The molecule has 0 aliphatic carbocycles. The Bertz CT molecular complexity index is 561. The van der Waals surface area contributed by atoms with Crippen LogP contribution in [0.2, 0.25) is 0 Å². The predicted octanol–water partition coefficient (Wildman–Crippen LogP) is 2.99. The molecule has 0 aromatic heterocycles. The summed E-state index contributed by atoms with van der Waals surface area (Å²) in [4.78, 5) is 2.16. The van der Waals surface area contributed by atoms with Crippen molar-refractivity contribution in [3.63, 3.8) is 0 Å². The number of hydrogen-bond acceptors (Lipinski definition) is 2. The van der Waals surface area contributed by atoms with Gasteiger partial charge in [-0.3, -0.25) is 0 Å². The quantitative estimate of drug-likeness (QED) is 0.884. The van der Waals surface area contributed by atoms with Crippen LogP contribution >= 0.6 is 0 Å². The van der Waals surface area contributed by atoms with E-state index in [4.69, 9.17) is 0 Å². The van der Waals surface area contributed by atoms with Gasteiger partial charge in [-0.15, -0.1) is 0 Å². The standard InChI is InChI=1S/C17H20N2/c1-19(2)15-9-8-13-10-11-18-17(16(13)12-15)14-6-4-3-5-7-14/h3-9,12,17-18H,10-11H2,1-2H3. The van der Waals surface area contributed by atoms with Gasteiger partial charge in [0, 0.05) is 26.3 Å². The topological polar surface area (TPSA) is 15.3 Å². The van der Waals surface area contributed by atoms with E-state index in [0.29, 0.717) is 6.04 Å². The lowest BCUT2D eigenvalue weighted by Gasteiger charge is -2.29. The Morgan fingerprint density at radius 1 is 1.05 bits per heavy atom. The second-order valence-electron chi connectivity index (χ2n) is 5.33. The van der Waals surface area contributed by atoms with E-state index in [0.717, 1.165) is 13.0 Å². The van der Waals surface area contributed by atoms with E-state index in [2.05, 4.69) is 72.8 Å². The average molecular weight is 252 g/mol. The summed E-state index contributed by atoms with van der Waals surface area (Å²) in [5.74, 6) is 0. The van der Waals surface area contributed by atoms with Crippen molar-refractivity contribution in [2.45, 2.75) is 12.5 Å². The highest BCUT2D eigenvalue weighted by Gasteiger charge is 2.21. The second-order valence-corrected chi connectivity index (χ2v) is 5.33. The van der Waals surface area contributed by atoms with Gasteiger partial charge in [-0.2, -0.15) is 0 Å². The highest BCUT2D eigenvalue weighted by atomic mass is 15.1.